The molecular weight excluding hydrogens is 291 g/mol. The molecule has 0 unspecified atom stereocenters. The summed E-state index contributed by atoms with van der Waals surface area (Å²) in [5.74, 6) is 0.515. The standard InChI is InChI=1S/C13H9Cl3N2/c14-10-6-7-11(15)12(8-10)17-13(18-16)9-4-2-1-3-5-9/h1-8H,(H,17,18). The van der Waals surface area contributed by atoms with Crippen LogP contribution in [0.1, 0.15) is 5.56 Å². The third-order valence-electron chi connectivity index (χ3n) is 2.31. The van der Waals surface area contributed by atoms with Crippen molar-refractivity contribution in [2.75, 3.05) is 5.32 Å². The van der Waals surface area contributed by atoms with Gasteiger partial charge in [-0.05, 0) is 18.2 Å². The van der Waals surface area contributed by atoms with Crippen molar-refractivity contribution >= 4 is 46.5 Å². The fraction of sp³-hybridized carbons (Fsp3) is 0. The number of hydrogen-bond acceptors (Lipinski definition) is 1. The number of nitrogens with zero attached hydrogens (tertiary/aromatic N) is 1. The van der Waals surface area contributed by atoms with E-state index in [2.05, 4.69) is 9.83 Å². The molecular formula is C13H9Cl3N2. The van der Waals surface area contributed by atoms with Gasteiger partial charge in [-0.25, -0.2) is 0 Å². The highest BCUT2D eigenvalue weighted by atomic mass is 35.5. The lowest BCUT2D eigenvalue weighted by Gasteiger charge is -2.10. The van der Waals surface area contributed by atoms with E-state index in [1.807, 2.05) is 30.3 Å². The van der Waals surface area contributed by atoms with Crippen LogP contribution in [0, 0.1) is 0 Å². The van der Waals surface area contributed by atoms with Gasteiger partial charge in [0.1, 0.15) is 0 Å². The second-order valence-corrected chi connectivity index (χ2v) is 4.56. The summed E-state index contributed by atoms with van der Waals surface area (Å²) in [5.41, 5.74) is 1.52. The predicted octanol–water partition coefficient (Wildman–Crippen LogP) is 5.01. The van der Waals surface area contributed by atoms with Gasteiger partial charge in [0.05, 0.1) is 10.7 Å². The lowest BCUT2D eigenvalue weighted by Crippen LogP contribution is -2.12. The number of hydrogen-bond donors (Lipinski definition) is 1. The molecule has 0 bridgehead atoms. The Kier molecular flexibility index (Phi) is 4.48. The van der Waals surface area contributed by atoms with Crippen LogP contribution in [-0.4, -0.2) is 5.84 Å². The molecule has 2 nitrogen and oxygen atoms in total. The number of rotatable bonds is 2. The summed E-state index contributed by atoms with van der Waals surface area (Å²) in [7, 11) is 0. The van der Waals surface area contributed by atoms with Gasteiger partial charge in [-0.1, -0.05) is 53.5 Å². The monoisotopic (exact) mass is 298 g/mol. The fourth-order valence-corrected chi connectivity index (χ4v) is 1.94. The quantitative estimate of drug-likeness (QED) is 0.612. The number of anilines is 1. The second-order valence-electron chi connectivity index (χ2n) is 3.55. The van der Waals surface area contributed by atoms with E-state index in [4.69, 9.17) is 35.0 Å². The van der Waals surface area contributed by atoms with Crippen LogP contribution < -0.4 is 5.32 Å². The van der Waals surface area contributed by atoms with Crippen molar-refractivity contribution in [2.45, 2.75) is 0 Å². The summed E-state index contributed by atoms with van der Waals surface area (Å²) in [6.45, 7) is 0. The van der Waals surface area contributed by atoms with Gasteiger partial charge < -0.3 is 5.32 Å². The molecule has 2 aromatic rings. The van der Waals surface area contributed by atoms with Gasteiger partial charge >= 0.3 is 0 Å². The van der Waals surface area contributed by atoms with Crippen LogP contribution >= 0.6 is 35.0 Å². The van der Waals surface area contributed by atoms with Gasteiger partial charge in [-0.2, -0.15) is 4.51 Å². The highest BCUT2D eigenvalue weighted by Crippen LogP contribution is 2.26. The van der Waals surface area contributed by atoms with E-state index >= 15 is 0 Å². The first-order chi connectivity index (χ1) is 8.70. The molecule has 0 fully saturated rings. The third-order valence-corrected chi connectivity index (χ3v) is 3.05. The van der Waals surface area contributed by atoms with E-state index in [9.17, 15) is 0 Å². The Morgan fingerprint density at radius 1 is 1.00 bits per heavy atom. The van der Waals surface area contributed by atoms with Crippen molar-refractivity contribution < 1.29 is 0 Å². The van der Waals surface area contributed by atoms with Gasteiger partial charge in [0, 0.05) is 22.4 Å². The van der Waals surface area contributed by atoms with E-state index in [-0.39, 0.29) is 0 Å². The van der Waals surface area contributed by atoms with Crippen molar-refractivity contribution in [3.05, 3.63) is 64.1 Å². The summed E-state index contributed by atoms with van der Waals surface area (Å²) in [6.07, 6.45) is 0. The Labute approximate surface area is 120 Å². The molecule has 92 valence electrons. The second kappa shape index (κ2) is 6.10. The van der Waals surface area contributed by atoms with Crippen LogP contribution in [0.3, 0.4) is 0 Å². The van der Waals surface area contributed by atoms with Crippen LogP contribution in [0.2, 0.25) is 10.0 Å². The van der Waals surface area contributed by atoms with Gasteiger partial charge in [0.25, 0.3) is 0 Å². The molecule has 0 saturated heterocycles. The van der Waals surface area contributed by atoms with Crippen molar-refractivity contribution in [2.24, 2.45) is 4.51 Å². The topological polar surface area (TPSA) is 24.4 Å². The number of amidine groups is 1. The normalized spacial score (nSPS) is 11.4. The Hall–Kier alpha value is -1.22. The Balaban J connectivity index is 2.30. The molecule has 2 aromatic carbocycles. The summed E-state index contributed by atoms with van der Waals surface area (Å²) >= 11 is 17.6. The Bertz CT molecular complexity index is 568. The first-order valence-corrected chi connectivity index (χ1v) is 6.26. The van der Waals surface area contributed by atoms with Crippen LogP contribution in [0.4, 0.5) is 5.69 Å². The van der Waals surface area contributed by atoms with E-state index in [0.717, 1.165) is 5.56 Å². The van der Waals surface area contributed by atoms with Crippen LogP contribution in [0.5, 0.6) is 0 Å². The van der Waals surface area contributed by atoms with Gasteiger partial charge in [-0.15, -0.1) is 0 Å². The van der Waals surface area contributed by atoms with Gasteiger partial charge in [0.2, 0.25) is 0 Å². The van der Waals surface area contributed by atoms with Crippen LogP contribution in [0.15, 0.2) is 53.0 Å². The molecule has 0 aliphatic heterocycles. The molecule has 0 saturated carbocycles. The highest BCUT2D eigenvalue weighted by molar-refractivity contribution is 6.36. The molecule has 0 aromatic heterocycles. The highest BCUT2D eigenvalue weighted by Gasteiger charge is 2.07. The van der Waals surface area contributed by atoms with Crippen LogP contribution in [-0.2, 0) is 0 Å². The smallest absolute Gasteiger partial charge is 0.152 e. The molecule has 5 heteroatoms. The zero-order chi connectivity index (χ0) is 13.0. The largest absolute Gasteiger partial charge is 0.338 e. The summed E-state index contributed by atoms with van der Waals surface area (Å²) in [5, 5.41) is 4.19. The average molecular weight is 300 g/mol. The maximum atomic E-state index is 6.07. The zero-order valence-corrected chi connectivity index (χ0v) is 11.5. The summed E-state index contributed by atoms with van der Waals surface area (Å²) < 4.78 is 3.70. The summed E-state index contributed by atoms with van der Waals surface area (Å²) in [6, 6.07) is 14.7. The lowest BCUT2D eigenvalue weighted by atomic mass is 10.2. The molecule has 1 N–H and O–H groups in total. The average Bonchev–Trinajstić information content (AvgIpc) is 2.41. The molecule has 0 aliphatic rings. The fourth-order valence-electron chi connectivity index (χ4n) is 1.46. The molecule has 18 heavy (non-hydrogen) atoms. The van der Waals surface area contributed by atoms with Crippen molar-refractivity contribution in [3.63, 3.8) is 0 Å². The van der Waals surface area contributed by atoms with E-state index in [0.29, 0.717) is 21.6 Å². The minimum Gasteiger partial charge on any atom is -0.338 e. The molecule has 0 amide bonds. The molecule has 0 heterocycles. The maximum absolute atomic E-state index is 6.07. The Morgan fingerprint density at radius 2 is 1.72 bits per heavy atom. The first-order valence-electron chi connectivity index (χ1n) is 5.17. The minimum absolute atomic E-state index is 0.515. The van der Waals surface area contributed by atoms with E-state index < -0.39 is 0 Å². The van der Waals surface area contributed by atoms with Crippen molar-refractivity contribution in [3.8, 4) is 0 Å². The molecule has 0 aliphatic carbocycles. The van der Waals surface area contributed by atoms with Gasteiger partial charge in [0.15, 0.2) is 5.84 Å². The predicted molar refractivity (Wildman–Crippen MR) is 78.9 cm³/mol. The van der Waals surface area contributed by atoms with Crippen molar-refractivity contribution in [1.29, 1.82) is 0 Å². The Morgan fingerprint density at radius 3 is 2.39 bits per heavy atom. The molecule has 0 radical (unpaired) electrons. The zero-order valence-electron chi connectivity index (χ0n) is 9.20. The third kappa shape index (κ3) is 3.16. The molecule has 0 atom stereocenters. The number of halogens is 3. The molecule has 0 spiro atoms. The molecule has 2 rings (SSSR count). The van der Waals surface area contributed by atoms with Crippen LogP contribution in [0.25, 0.3) is 0 Å². The minimum atomic E-state index is 0.515. The van der Waals surface area contributed by atoms with E-state index in [1.54, 1.807) is 18.2 Å². The van der Waals surface area contributed by atoms with E-state index in [1.165, 1.54) is 0 Å². The maximum Gasteiger partial charge on any atom is 0.152 e. The van der Waals surface area contributed by atoms with Crippen molar-refractivity contribution in [1.82, 2.24) is 0 Å². The number of nitrogens with one attached hydrogen (secondary N) is 1. The first kappa shape index (κ1) is 13.2. The SMILES string of the molecule is ClN=C(Nc1cc(Cl)ccc1Cl)c1ccccc1. The number of benzene rings is 2. The summed E-state index contributed by atoms with van der Waals surface area (Å²) in [4.78, 5) is 0. The van der Waals surface area contributed by atoms with Gasteiger partial charge in [-0.3, -0.25) is 0 Å². The lowest BCUT2D eigenvalue weighted by molar-refractivity contribution is 1.56.